The van der Waals surface area contributed by atoms with E-state index in [-0.39, 0.29) is 5.91 Å². The number of nitrogens with two attached hydrogens (primary N) is 1. The molecule has 1 aromatic carbocycles. The normalized spacial score (nSPS) is 9.86. The lowest BCUT2D eigenvalue weighted by Crippen LogP contribution is -2.23. The number of aryl methyl sites for hydroxylation is 1. The smallest absolute Gasteiger partial charge is 0.255 e. The maximum absolute atomic E-state index is 12.2. The van der Waals surface area contributed by atoms with Crippen molar-refractivity contribution in [2.24, 2.45) is 12.8 Å². The molecule has 0 aliphatic carbocycles. The Hall–Kier alpha value is -2.58. The van der Waals surface area contributed by atoms with Crippen molar-refractivity contribution < 1.29 is 4.79 Å². The molecular weight excluding hydrogens is 264 g/mol. The molecule has 0 aliphatic heterocycles. The number of aromatic nitrogens is 2. The van der Waals surface area contributed by atoms with Crippen LogP contribution in [0.3, 0.4) is 0 Å². The first kappa shape index (κ1) is 14.8. The second-order valence-corrected chi connectivity index (χ2v) is 4.61. The first-order valence-corrected chi connectivity index (χ1v) is 6.67. The second-order valence-electron chi connectivity index (χ2n) is 4.61. The van der Waals surface area contributed by atoms with Crippen LogP contribution in [0.1, 0.15) is 27.2 Å². The van der Waals surface area contributed by atoms with Crippen molar-refractivity contribution in [3.8, 4) is 11.8 Å². The lowest BCUT2D eigenvalue weighted by Gasteiger charge is -2.07. The highest BCUT2D eigenvalue weighted by molar-refractivity contribution is 5.95. The minimum absolute atomic E-state index is 0.137. The van der Waals surface area contributed by atoms with Gasteiger partial charge in [-0.25, -0.2) is 0 Å². The molecule has 0 unspecified atom stereocenters. The summed E-state index contributed by atoms with van der Waals surface area (Å²) in [5, 5.41) is 6.96. The second kappa shape index (κ2) is 6.73. The molecule has 0 aliphatic rings. The van der Waals surface area contributed by atoms with Crippen molar-refractivity contribution in [1.29, 1.82) is 0 Å². The molecule has 0 fully saturated rings. The van der Waals surface area contributed by atoms with Gasteiger partial charge in [0, 0.05) is 24.8 Å². The van der Waals surface area contributed by atoms with Gasteiger partial charge in [0.2, 0.25) is 0 Å². The van der Waals surface area contributed by atoms with E-state index in [9.17, 15) is 4.79 Å². The Balaban J connectivity index is 2.10. The van der Waals surface area contributed by atoms with Gasteiger partial charge in [-0.05, 0) is 18.6 Å². The largest absolute Gasteiger partial charge is 0.348 e. The van der Waals surface area contributed by atoms with Gasteiger partial charge in [0.05, 0.1) is 18.3 Å². The summed E-state index contributed by atoms with van der Waals surface area (Å²) >= 11 is 0. The van der Waals surface area contributed by atoms with Crippen LogP contribution in [0.2, 0.25) is 0 Å². The Morgan fingerprint density at radius 1 is 1.43 bits per heavy atom. The molecule has 1 heterocycles. The Labute approximate surface area is 124 Å². The van der Waals surface area contributed by atoms with Crippen molar-refractivity contribution in [3.63, 3.8) is 0 Å². The molecule has 108 valence electrons. The fraction of sp³-hybridized carbons (Fsp3) is 0.250. The van der Waals surface area contributed by atoms with E-state index in [0.29, 0.717) is 18.7 Å². The van der Waals surface area contributed by atoms with Crippen molar-refractivity contribution >= 4 is 5.91 Å². The lowest BCUT2D eigenvalue weighted by molar-refractivity contribution is 0.0950. The molecule has 0 bridgehead atoms. The molecule has 5 nitrogen and oxygen atoms in total. The van der Waals surface area contributed by atoms with Crippen LogP contribution in [-0.2, 0) is 13.6 Å². The summed E-state index contributed by atoms with van der Waals surface area (Å²) in [6, 6.07) is 7.69. The third-order valence-electron chi connectivity index (χ3n) is 3.26. The monoisotopic (exact) mass is 282 g/mol. The molecule has 0 saturated carbocycles. The summed E-state index contributed by atoms with van der Waals surface area (Å²) < 4.78 is 1.68. The first-order chi connectivity index (χ1) is 10.1. The Morgan fingerprint density at radius 2 is 2.19 bits per heavy atom. The first-order valence-electron chi connectivity index (χ1n) is 6.67. The summed E-state index contributed by atoms with van der Waals surface area (Å²) in [5.74, 6) is 5.70. The minimum Gasteiger partial charge on any atom is -0.348 e. The maximum atomic E-state index is 12.2. The van der Waals surface area contributed by atoms with Gasteiger partial charge in [-0.15, -0.1) is 0 Å². The molecular formula is C16H18N4O. The van der Waals surface area contributed by atoms with Crippen molar-refractivity contribution in [2.45, 2.75) is 13.5 Å². The van der Waals surface area contributed by atoms with Crippen molar-refractivity contribution in [1.82, 2.24) is 15.1 Å². The number of nitrogens with zero attached hydrogens (tertiary/aromatic N) is 2. The molecule has 2 rings (SSSR count). The summed E-state index contributed by atoms with van der Waals surface area (Å²) in [4.78, 5) is 12.2. The lowest BCUT2D eigenvalue weighted by atomic mass is 10.1. The Bertz CT molecular complexity index is 707. The van der Waals surface area contributed by atoms with Crippen LogP contribution in [0.5, 0.6) is 0 Å². The van der Waals surface area contributed by atoms with E-state index >= 15 is 0 Å². The average Bonchev–Trinajstić information content (AvgIpc) is 2.83. The third kappa shape index (κ3) is 3.50. The van der Waals surface area contributed by atoms with E-state index < -0.39 is 0 Å². The van der Waals surface area contributed by atoms with E-state index in [1.54, 1.807) is 10.9 Å². The van der Waals surface area contributed by atoms with Gasteiger partial charge in [-0.2, -0.15) is 5.10 Å². The highest BCUT2D eigenvalue weighted by Crippen LogP contribution is 2.09. The van der Waals surface area contributed by atoms with E-state index in [0.717, 1.165) is 16.8 Å². The number of hydrogen-bond donors (Lipinski definition) is 2. The standard InChI is InChI=1S/C16H18N4O/c1-12-15(11-19-20(12)2)16(21)18-10-14-7-4-3-6-13(14)8-5-9-17/h3-4,6-7,11H,9-10,17H2,1-2H3,(H,18,21). The van der Waals surface area contributed by atoms with Gasteiger partial charge in [0.15, 0.2) is 0 Å². The molecule has 0 spiro atoms. The molecule has 1 aromatic heterocycles. The Kier molecular flexibility index (Phi) is 4.75. The molecule has 0 radical (unpaired) electrons. The predicted molar refractivity (Wildman–Crippen MR) is 81.5 cm³/mol. The van der Waals surface area contributed by atoms with Crippen LogP contribution < -0.4 is 11.1 Å². The molecule has 2 aromatic rings. The molecule has 1 amide bonds. The number of carbonyl (C=O) groups is 1. The highest BCUT2D eigenvalue weighted by atomic mass is 16.1. The fourth-order valence-electron chi connectivity index (χ4n) is 1.93. The number of hydrogen-bond acceptors (Lipinski definition) is 3. The average molecular weight is 282 g/mol. The van der Waals surface area contributed by atoms with Crippen LogP contribution in [-0.4, -0.2) is 22.2 Å². The van der Waals surface area contributed by atoms with E-state index in [2.05, 4.69) is 22.3 Å². The summed E-state index contributed by atoms with van der Waals surface area (Å²) in [7, 11) is 1.81. The van der Waals surface area contributed by atoms with Crippen LogP contribution >= 0.6 is 0 Å². The zero-order valence-corrected chi connectivity index (χ0v) is 12.2. The molecule has 3 N–H and O–H groups in total. The number of benzene rings is 1. The Morgan fingerprint density at radius 3 is 2.86 bits per heavy atom. The van der Waals surface area contributed by atoms with Gasteiger partial charge in [-0.1, -0.05) is 30.0 Å². The van der Waals surface area contributed by atoms with Crippen LogP contribution in [0, 0.1) is 18.8 Å². The van der Waals surface area contributed by atoms with E-state index in [1.165, 1.54) is 0 Å². The highest BCUT2D eigenvalue weighted by Gasteiger charge is 2.12. The summed E-state index contributed by atoms with van der Waals surface area (Å²) in [6.07, 6.45) is 1.57. The minimum atomic E-state index is -0.137. The van der Waals surface area contributed by atoms with Gasteiger partial charge in [-0.3, -0.25) is 9.48 Å². The van der Waals surface area contributed by atoms with E-state index in [4.69, 9.17) is 5.73 Å². The number of amides is 1. The van der Waals surface area contributed by atoms with Crippen LogP contribution in [0.4, 0.5) is 0 Å². The zero-order valence-electron chi connectivity index (χ0n) is 12.2. The molecule has 0 saturated heterocycles. The third-order valence-corrected chi connectivity index (χ3v) is 3.26. The molecule has 0 atom stereocenters. The van der Waals surface area contributed by atoms with Crippen LogP contribution in [0.15, 0.2) is 30.5 Å². The number of carbonyl (C=O) groups excluding carboxylic acids is 1. The van der Waals surface area contributed by atoms with E-state index in [1.807, 2.05) is 38.2 Å². The number of rotatable bonds is 3. The van der Waals surface area contributed by atoms with Gasteiger partial charge in [0.1, 0.15) is 0 Å². The topological polar surface area (TPSA) is 72.9 Å². The van der Waals surface area contributed by atoms with Gasteiger partial charge < -0.3 is 11.1 Å². The van der Waals surface area contributed by atoms with Crippen molar-refractivity contribution in [2.75, 3.05) is 6.54 Å². The summed E-state index contributed by atoms with van der Waals surface area (Å²) in [6.45, 7) is 2.60. The summed E-state index contributed by atoms with van der Waals surface area (Å²) in [5.41, 5.74) is 8.66. The van der Waals surface area contributed by atoms with Gasteiger partial charge >= 0.3 is 0 Å². The SMILES string of the molecule is Cc1c(C(=O)NCc2ccccc2C#CCN)cnn1C. The molecule has 21 heavy (non-hydrogen) atoms. The predicted octanol–water partition coefficient (Wildman–Crippen LogP) is 0.969. The maximum Gasteiger partial charge on any atom is 0.255 e. The van der Waals surface area contributed by atoms with Gasteiger partial charge in [0.25, 0.3) is 5.91 Å². The van der Waals surface area contributed by atoms with Crippen molar-refractivity contribution in [3.05, 3.63) is 52.8 Å². The quantitative estimate of drug-likeness (QED) is 0.824. The van der Waals surface area contributed by atoms with Crippen LogP contribution in [0.25, 0.3) is 0 Å². The molecule has 5 heteroatoms. The fourth-order valence-corrected chi connectivity index (χ4v) is 1.93. The zero-order chi connectivity index (χ0) is 15.2. The number of nitrogens with one attached hydrogen (secondary N) is 1.